The van der Waals surface area contributed by atoms with Crippen LogP contribution >= 0.6 is 0 Å². The zero-order valence-electron chi connectivity index (χ0n) is 8.02. The molecule has 4 heteroatoms. The van der Waals surface area contributed by atoms with Crippen LogP contribution in [0.3, 0.4) is 0 Å². The van der Waals surface area contributed by atoms with Gasteiger partial charge < -0.3 is 0 Å². The molecule has 0 atom stereocenters. The summed E-state index contributed by atoms with van der Waals surface area (Å²) in [5.74, 6) is 0.227. The molecule has 1 N–H and O–H groups in total. The second kappa shape index (κ2) is 3.90. The molecule has 1 aromatic carbocycles. The van der Waals surface area contributed by atoms with Crippen LogP contribution in [-0.4, -0.2) is 6.30 Å². The smallest absolute Gasteiger partial charge is 0.298 e. The van der Waals surface area contributed by atoms with E-state index in [0.29, 0.717) is 0 Å². The van der Waals surface area contributed by atoms with Crippen LogP contribution in [-0.2, 0) is 0 Å². The van der Waals surface area contributed by atoms with E-state index in [1.807, 2.05) is 19.9 Å². The maximum absolute atomic E-state index is 12.0. The molecule has 0 saturated heterocycles. The molecule has 0 aliphatic rings. The molecule has 0 saturated carbocycles. The Morgan fingerprint density at radius 2 is 1.86 bits per heavy atom. The third kappa shape index (κ3) is 3.28. The van der Waals surface area contributed by atoms with E-state index in [4.69, 9.17) is 0 Å². The van der Waals surface area contributed by atoms with E-state index in [1.54, 1.807) is 6.07 Å². The van der Waals surface area contributed by atoms with Gasteiger partial charge in [0.25, 0.3) is 0 Å². The number of hydrogen-bond donors (Lipinski definition) is 1. The van der Waals surface area contributed by atoms with Gasteiger partial charge in [-0.15, -0.1) is 0 Å². The largest absolute Gasteiger partial charge is 0.482 e. The summed E-state index contributed by atoms with van der Waals surface area (Å²) in [6, 6.07) is 6.34. The van der Waals surface area contributed by atoms with Crippen LogP contribution in [0, 0.1) is 0 Å². The first kappa shape index (κ1) is 10.9. The Morgan fingerprint density at radius 1 is 1.21 bits per heavy atom. The second-order valence-electron chi connectivity index (χ2n) is 3.40. The van der Waals surface area contributed by atoms with Crippen LogP contribution < -0.4 is 5.32 Å². The summed E-state index contributed by atoms with van der Waals surface area (Å²) in [4.78, 5) is 0. The monoisotopic (exact) mass is 203 g/mol. The van der Waals surface area contributed by atoms with Crippen LogP contribution in [0.15, 0.2) is 24.3 Å². The quantitative estimate of drug-likeness (QED) is 0.722. The van der Waals surface area contributed by atoms with Gasteiger partial charge in [0.1, 0.15) is 0 Å². The first-order valence-corrected chi connectivity index (χ1v) is 4.33. The van der Waals surface area contributed by atoms with Gasteiger partial charge in [0, 0.05) is 5.69 Å². The van der Waals surface area contributed by atoms with Crippen LogP contribution in [0.25, 0.3) is 0 Å². The van der Waals surface area contributed by atoms with Gasteiger partial charge in [0.2, 0.25) is 0 Å². The Morgan fingerprint density at radius 3 is 2.36 bits per heavy atom. The summed E-state index contributed by atoms with van der Waals surface area (Å²) >= 11 is 0. The van der Waals surface area contributed by atoms with Crippen molar-refractivity contribution in [2.45, 2.75) is 26.1 Å². The van der Waals surface area contributed by atoms with E-state index in [9.17, 15) is 13.2 Å². The van der Waals surface area contributed by atoms with Gasteiger partial charge >= 0.3 is 6.30 Å². The first-order chi connectivity index (χ1) is 6.38. The lowest BCUT2D eigenvalue weighted by Gasteiger charge is -2.12. The highest BCUT2D eigenvalue weighted by Crippen LogP contribution is 2.23. The molecule has 1 nitrogen and oxygen atoms in total. The summed E-state index contributed by atoms with van der Waals surface area (Å²) in [5.41, 5.74) is 0.975. The summed E-state index contributed by atoms with van der Waals surface area (Å²) in [6.45, 7) is 3.87. The van der Waals surface area contributed by atoms with Crippen molar-refractivity contribution < 1.29 is 13.2 Å². The highest BCUT2D eigenvalue weighted by molar-refractivity contribution is 5.46. The SMILES string of the molecule is CC(C)c1cccc(NC(F)(F)F)c1. The number of rotatable bonds is 2. The molecule has 0 spiro atoms. The van der Waals surface area contributed by atoms with Crippen molar-refractivity contribution >= 4 is 5.69 Å². The van der Waals surface area contributed by atoms with Gasteiger partial charge in [-0.1, -0.05) is 26.0 Å². The molecule has 0 heterocycles. The molecule has 0 fully saturated rings. The molecule has 0 aliphatic carbocycles. The molecule has 0 aromatic heterocycles. The lowest BCUT2D eigenvalue weighted by atomic mass is 10.0. The van der Waals surface area contributed by atoms with Gasteiger partial charge in [-0.05, 0) is 23.6 Å². The molecule has 0 unspecified atom stereocenters. The third-order valence-corrected chi connectivity index (χ3v) is 1.84. The molecule has 0 bridgehead atoms. The Labute approximate surface area is 80.9 Å². The average Bonchev–Trinajstić information content (AvgIpc) is 2.01. The minimum Gasteiger partial charge on any atom is -0.298 e. The molecule has 1 aromatic rings. The van der Waals surface area contributed by atoms with Crippen molar-refractivity contribution in [2.24, 2.45) is 0 Å². The van der Waals surface area contributed by atoms with Crippen LogP contribution in [0.5, 0.6) is 0 Å². The lowest BCUT2D eigenvalue weighted by Crippen LogP contribution is -2.20. The standard InChI is InChI=1S/C10H12F3N/c1-7(2)8-4-3-5-9(6-8)14-10(11,12)13/h3-7,14H,1-2H3. The Bertz CT molecular complexity index is 304. The topological polar surface area (TPSA) is 12.0 Å². The molecule has 0 aliphatic heterocycles. The molecule has 14 heavy (non-hydrogen) atoms. The van der Waals surface area contributed by atoms with E-state index in [-0.39, 0.29) is 11.6 Å². The Kier molecular flexibility index (Phi) is 3.03. The number of benzene rings is 1. The van der Waals surface area contributed by atoms with Gasteiger partial charge in [0.15, 0.2) is 0 Å². The van der Waals surface area contributed by atoms with Crippen molar-refractivity contribution in [1.82, 2.24) is 0 Å². The molecule has 0 radical (unpaired) electrons. The first-order valence-electron chi connectivity index (χ1n) is 4.33. The van der Waals surface area contributed by atoms with Gasteiger partial charge in [-0.3, -0.25) is 5.32 Å². The molecule has 78 valence electrons. The number of nitrogens with one attached hydrogen (secondary N) is 1. The minimum absolute atomic E-state index is 0.0868. The van der Waals surface area contributed by atoms with Gasteiger partial charge in [-0.25, -0.2) is 0 Å². The van der Waals surface area contributed by atoms with Crippen molar-refractivity contribution in [3.05, 3.63) is 29.8 Å². The number of halogens is 3. The summed E-state index contributed by atoms with van der Waals surface area (Å²) in [6.07, 6.45) is -4.37. The highest BCUT2D eigenvalue weighted by atomic mass is 19.4. The van der Waals surface area contributed by atoms with Crippen LogP contribution in [0.4, 0.5) is 18.9 Å². The maximum atomic E-state index is 12.0. The number of hydrogen-bond acceptors (Lipinski definition) is 1. The number of anilines is 1. The molecular weight excluding hydrogens is 191 g/mol. The Balaban J connectivity index is 2.84. The van der Waals surface area contributed by atoms with Crippen molar-refractivity contribution in [3.8, 4) is 0 Å². The zero-order valence-corrected chi connectivity index (χ0v) is 8.02. The van der Waals surface area contributed by atoms with E-state index in [2.05, 4.69) is 0 Å². The average molecular weight is 203 g/mol. The van der Waals surface area contributed by atoms with E-state index < -0.39 is 6.30 Å². The third-order valence-electron chi connectivity index (χ3n) is 1.84. The summed E-state index contributed by atoms with van der Waals surface area (Å²) < 4.78 is 35.9. The minimum atomic E-state index is -4.37. The maximum Gasteiger partial charge on any atom is 0.482 e. The highest BCUT2D eigenvalue weighted by Gasteiger charge is 2.26. The molecule has 0 amide bonds. The van der Waals surface area contributed by atoms with Crippen molar-refractivity contribution in [2.75, 3.05) is 5.32 Å². The van der Waals surface area contributed by atoms with Crippen molar-refractivity contribution in [3.63, 3.8) is 0 Å². The van der Waals surface area contributed by atoms with Gasteiger partial charge in [-0.2, -0.15) is 13.2 Å². The van der Waals surface area contributed by atoms with Gasteiger partial charge in [0.05, 0.1) is 0 Å². The predicted molar refractivity (Wildman–Crippen MR) is 50.2 cm³/mol. The normalized spacial score (nSPS) is 11.9. The molecular formula is C10H12F3N. The van der Waals surface area contributed by atoms with Crippen LogP contribution in [0.2, 0.25) is 0 Å². The lowest BCUT2D eigenvalue weighted by molar-refractivity contribution is -0.0999. The summed E-state index contributed by atoms with van der Waals surface area (Å²) in [7, 11) is 0. The fourth-order valence-electron chi connectivity index (χ4n) is 1.14. The van der Waals surface area contributed by atoms with Crippen molar-refractivity contribution in [1.29, 1.82) is 0 Å². The molecule has 1 rings (SSSR count). The fraction of sp³-hybridized carbons (Fsp3) is 0.400. The second-order valence-corrected chi connectivity index (χ2v) is 3.40. The predicted octanol–water partition coefficient (Wildman–Crippen LogP) is 3.74. The van der Waals surface area contributed by atoms with E-state index in [0.717, 1.165) is 5.56 Å². The Hall–Kier alpha value is -1.19. The zero-order chi connectivity index (χ0) is 10.8. The number of alkyl halides is 3. The van der Waals surface area contributed by atoms with E-state index in [1.165, 1.54) is 17.4 Å². The van der Waals surface area contributed by atoms with E-state index >= 15 is 0 Å². The summed E-state index contributed by atoms with van der Waals surface area (Å²) in [5, 5.41) is 1.48. The fourth-order valence-corrected chi connectivity index (χ4v) is 1.14. The van der Waals surface area contributed by atoms with Crippen LogP contribution in [0.1, 0.15) is 25.3 Å².